The molecule has 0 aromatic heterocycles. The van der Waals surface area contributed by atoms with Gasteiger partial charge in [-0.25, -0.2) is 0 Å². The zero-order chi connectivity index (χ0) is 12.5. The standard InChI is InChI=1S/C13H24N2O2/c1-10(2)12(17)15-7-11(8-16)13(9-15)3-5-14-6-4-13/h10-11,14,16H,3-9H2,1-2H3. The van der Waals surface area contributed by atoms with Crippen molar-refractivity contribution in [3.8, 4) is 0 Å². The molecule has 0 bridgehead atoms. The number of likely N-dealkylation sites (tertiary alicyclic amines) is 1. The van der Waals surface area contributed by atoms with Crippen LogP contribution < -0.4 is 5.32 Å². The van der Waals surface area contributed by atoms with Gasteiger partial charge in [-0.2, -0.15) is 0 Å². The van der Waals surface area contributed by atoms with Crippen LogP contribution in [0.5, 0.6) is 0 Å². The van der Waals surface area contributed by atoms with Gasteiger partial charge in [0.1, 0.15) is 0 Å². The highest BCUT2D eigenvalue weighted by Gasteiger charge is 2.47. The average molecular weight is 240 g/mol. The first-order valence-corrected chi connectivity index (χ1v) is 6.69. The second-order valence-electron chi connectivity index (χ2n) is 5.87. The van der Waals surface area contributed by atoms with E-state index in [1.807, 2.05) is 18.7 Å². The van der Waals surface area contributed by atoms with Gasteiger partial charge in [0.15, 0.2) is 0 Å². The molecule has 2 aliphatic heterocycles. The van der Waals surface area contributed by atoms with Gasteiger partial charge in [-0.15, -0.1) is 0 Å². The molecule has 2 fully saturated rings. The number of nitrogens with one attached hydrogen (secondary N) is 1. The number of carbonyl (C=O) groups is 1. The van der Waals surface area contributed by atoms with Crippen LogP contribution in [0.4, 0.5) is 0 Å². The van der Waals surface area contributed by atoms with Crippen LogP contribution in [-0.2, 0) is 4.79 Å². The van der Waals surface area contributed by atoms with E-state index in [0.717, 1.165) is 39.0 Å². The summed E-state index contributed by atoms with van der Waals surface area (Å²) in [6, 6.07) is 0. The van der Waals surface area contributed by atoms with Crippen molar-refractivity contribution < 1.29 is 9.90 Å². The van der Waals surface area contributed by atoms with Gasteiger partial charge in [0.2, 0.25) is 5.91 Å². The number of aliphatic hydroxyl groups excluding tert-OH is 1. The van der Waals surface area contributed by atoms with Gasteiger partial charge < -0.3 is 15.3 Å². The van der Waals surface area contributed by atoms with E-state index in [9.17, 15) is 9.90 Å². The Morgan fingerprint density at radius 1 is 1.47 bits per heavy atom. The second kappa shape index (κ2) is 4.94. The van der Waals surface area contributed by atoms with E-state index >= 15 is 0 Å². The molecule has 0 aromatic carbocycles. The summed E-state index contributed by atoms with van der Waals surface area (Å²) >= 11 is 0. The fourth-order valence-corrected chi connectivity index (χ4v) is 3.31. The molecular formula is C13H24N2O2. The molecule has 0 radical (unpaired) electrons. The van der Waals surface area contributed by atoms with E-state index in [4.69, 9.17) is 0 Å². The predicted octanol–water partition coefficient (Wildman–Crippen LogP) is 0.463. The first-order chi connectivity index (χ1) is 8.09. The Labute approximate surface area is 103 Å². The van der Waals surface area contributed by atoms with Crippen LogP contribution in [0, 0.1) is 17.3 Å². The summed E-state index contributed by atoms with van der Waals surface area (Å²) in [5, 5.41) is 12.9. The van der Waals surface area contributed by atoms with Gasteiger partial charge in [0.25, 0.3) is 0 Å². The average Bonchev–Trinajstić information content (AvgIpc) is 2.67. The highest BCUT2D eigenvalue weighted by atomic mass is 16.3. The van der Waals surface area contributed by atoms with E-state index in [1.54, 1.807) is 0 Å². The third kappa shape index (κ3) is 2.33. The van der Waals surface area contributed by atoms with Crippen molar-refractivity contribution in [1.82, 2.24) is 10.2 Å². The molecule has 1 spiro atoms. The van der Waals surface area contributed by atoms with Gasteiger partial charge in [-0.1, -0.05) is 13.8 Å². The van der Waals surface area contributed by atoms with Crippen LogP contribution >= 0.6 is 0 Å². The molecular weight excluding hydrogens is 216 g/mol. The molecule has 4 nitrogen and oxygen atoms in total. The topological polar surface area (TPSA) is 52.6 Å². The molecule has 4 heteroatoms. The highest BCUT2D eigenvalue weighted by molar-refractivity contribution is 5.78. The smallest absolute Gasteiger partial charge is 0.225 e. The number of hydrogen-bond donors (Lipinski definition) is 2. The second-order valence-corrected chi connectivity index (χ2v) is 5.87. The van der Waals surface area contributed by atoms with Crippen molar-refractivity contribution in [2.24, 2.45) is 17.3 Å². The van der Waals surface area contributed by atoms with Gasteiger partial charge in [0, 0.05) is 31.5 Å². The maximum absolute atomic E-state index is 12.1. The Hall–Kier alpha value is -0.610. The fraction of sp³-hybridized carbons (Fsp3) is 0.923. The molecule has 1 unspecified atom stereocenters. The Morgan fingerprint density at radius 2 is 2.12 bits per heavy atom. The van der Waals surface area contributed by atoms with Gasteiger partial charge in [-0.05, 0) is 31.3 Å². The van der Waals surface area contributed by atoms with Crippen LogP contribution in [0.2, 0.25) is 0 Å². The lowest BCUT2D eigenvalue weighted by molar-refractivity contribution is -0.133. The third-order valence-electron chi connectivity index (χ3n) is 4.44. The van der Waals surface area contributed by atoms with Crippen molar-refractivity contribution >= 4 is 5.91 Å². The third-order valence-corrected chi connectivity index (χ3v) is 4.44. The molecule has 2 heterocycles. The first kappa shape index (κ1) is 12.8. The lowest BCUT2D eigenvalue weighted by atomic mass is 9.71. The van der Waals surface area contributed by atoms with E-state index in [0.29, 0.717) is 0 Å². The number of amides is 1. The van der Waals surface area contributed by atoms with Gasteiger partial charge in [0.05, 0.1) is 0 Å². The lowest BCUT2D eigenvalue weighted by Crippen LogP contribution is -2.43. The van der Waals surface area contributed by atoms with Crippen molar-refractivity contribution in [3.63, 3.8) is 0 Å². The monoisotopic (exact) mass is 240 g/mol. The Morgan fingerprint density at radius 3 is 2.65 bits per heavy atom. The van der Waals surface area contributed by atoms with Crippen LogP contribution in [0.15, 0.2) is 0 Å². The lowest BCUT2D eigenvalue weighted by Gasteiger charge is -2.37. The molecule has 1 amide bonds. The first-order valence-electron chi connectivity index (χ1n) is 6.69. The van der Waals surface area contributed by atoms with Crippen molar-refractivity contribution in [2.45, 2.75) is 26.7 Å². The molecule has 2 rings (SSSR count). The van der Waals surface area contributed by atoms with Crippen molar-refractivity contribution in [3.05, 3.63) is 0 Å². The summed E-state index contributed by atoms with van der Waals surface area (Å²) in [5.74, 6) is 0.567. The van der Waals surface area contributed by atoms with E-state index in [2.05, 4.69) is 5.32 Å². The minimum absolute atomic E-state index is 0.0613. The minimum Gasteiger partial charge on any atom is -0.396 e. The Balaban J connectivity index is 2.10. The zero-order valence-electron chi connectivity index (χ0n) is 10.9. The van der Waals surface area contributed by atoms with E-state index in [-0.39, 0.29) is 29.8 Å². The van der Waals surface area contributed by atoms with Gasteiger partial charge in [-0.3, -0.25) is 4.79 Å². The normalized spacial score (nSPS) is 28.0. The van der Waals surface area contributed by atoms with Crippen LogP contribution in [0.1, 0.15) is 26.7 Å². The highest BCUT2D eigenvalue weighted by Crippen LogP contribution is 2.43. The Bertz CT molecular complexity index is 285. The fourth-order valence-electron chi connectivity index (χ4n) is 3.31. The summed E-state index contributed by atoms with van der Waals surface area (Å²) in [6.07, 6.45) is 2.17. The van der Waals surface area contributed by atoms with Crippen molar-refractivity contribution in [2.75, 3.05) is 32.8 Å². The predicted molar refractivity (Wildman–Crippen MR) is 66.5 cm³/mol. The maximum atomic E-state index is 12.1. The number of hydrogen-bond acceptors (Lipinski definition) is 3. The summed E-state index contributed by atoms with van der Waals surface area (Å²) in [6.45, 7) is 7.72. The summed E-state index contributed by atoms with van der Waals surface area (Å²) < 4.78 is 0. The molecule has 2 aliphatic rings. The number of carbonyl (C=O) groups excluding carboxylic acids is 1. The molecule has 0 aromatic rings. The molecule has 0 saturated carbocycles. The molecule has 98 valence electrons. The quantitative estimate of drug-likeness (QED) is 0.737. The van der Waals surface area contributed by atoms with Crippen LogP contribution in [-0.4, -0.2) is 48.7 Å². The molecule has 17 heavy (non-hydrogen) atoms. The van der Waals surface area contributed by atoms with Crippen LogP contribution in [0.3, 0.4) is 0 Å². The number of piperidine rings is 1. The van der Waals surface area contributed by atoms with Crippen molar-refractivity contribution in [1.29, 1.82) is 0 Å². The van der Waals surface area contributed by atoms with Gasteiger partial charge >= 0.3 is 0 Å². The summed E-state index contributed by atoms with van der Waals surface area (Å²) in [4.78, 5) is 14.0. The number of rotatable bonds is 2. The number of aliphatic hydroxyl groups is 1. The van der Waals surface area contributed by atoms with E-state index < -0.39 is 0 Å². The molecule has 0 aliphatic carbocycles. The van der Waals surface area contributed by atoms with E-state index in [1.165, 1.54) is 0 Å². The Kier molecular flexibility index (Phi) is 3.73. The number of nitrogens with zero attached hydrogens (tertiary/aromatic N) is 1. The minimum atomic E-state index is 0.0613. The zero-order valence-corrected chi connectivity index (χ0v) is 10.9. The van der Waals surface area contributed by atoms with Crippen LogP contribution in [0.25, 0.3) is 0 Å². The largest absolute Gasteiger partial charge is 0.396 e. The molecule has 2 N–H and O–H groups in total. The summed E-state index contributed by atoms with van der Waals surface area (Å²) in [7, 11) is 0. The summed E-state index contributed by atoms with van der Waals surface area (Å²) in [5.41, 5.74) is 0.171. The SMILES string of the molecule is CC(C)C(=O)N1CC(CO)C2(CCNCC2)C1. The molecule has 1 atom stereocenters. The molecule has 2 saturated heterocycles. The maximum Gasteiger partial charge on any atom is 0.225 e.